The Hall–Kier alpha value is -1.56. The number of aryl methyl sites for hydroxylation is 1. The molecule has 90 valence electrons. The fraction of sp³-hybridized carbons (Fsp3) is 0.600. The largest absolute Gasteiger partial charge is 0.394 e. The van der Waals surface area contributed by atoms with E-state index in [1.54, 1.807) is 14.0 Å². The van der Waals surface area contributed by atoms with Crippen molar-refractivity contribution in [1.82, 2.24) is 10.2 Å². The standard InChI is InChI=1S/C10H18N4O2/c1-6-8(11)9(14-13-6)12-7(15)5-10(2,3)16-4/h5,11H2,1-4H3,(H2,12,13,14,15). The highest BCUT2D eigenvalue weighted by molar-refractivity contribution is 5.93. The lowest BCUT2D eigenvalue weighted by atomic mass is 10.1. The number of nitrogen functional groups attached to an aromatic ring is 1. The van der Waals surface area contributed by atoms with Crippen molar-refractivity contribution in [2.24, 2.45) is 0 Å². The molecule has 6 heteroatoms. The smallest absolute Gasteiger partial charge is 0.228 e. The quantitative estimate of drug-likeness (QED) is 0.715. The Morgan fingerprint density at radius 2 is 2.25 bits per heavy atom. The van der Waals surface area contributed by atoms with Crippen LogP contribution in [0.3, 0.4) is 0 Å². The summed E-state index contributed by atoms with van der Waals surface area (Å²) in [6, 6.07) is 0. The van der Waals surface area contributed by atoms with Crippen LogP contribution < -0.4 is 11.1 Å². The summed E-state index contributed by atoms with van der Waals surface area (Å²) >= 11 is 0. The second-order valence-corrected chi connectivity index (χ2v) is 4.30. The van der Waals surface area contributed by atoms with Crippen molar-refractivity contribution >= 4 is 17.4 Å². The molecule has 0 radical (unpaired) electrons. The van der Waals surface area contributed by atoms with Gasteiger partial charge in [0.25, 0.3) is 0 Å². The number of nitrogens with one attached hydrogen (secondary N) is 2. The first-order valence-electron chi connectivity index (χ1n) is 5.01. The number of aromatic amines is 1. The molecule has 0 aliphatic carbocycles. The van der Waals surface area contributed by atoms with Gasteiger partial charge in [-0.3, -0.25) is 9.89 Å². The zero-order chi connectivity index (χ0) is 12.3. The summed E-state index contributed by atoms with van der Waals surface area (Å²) in [5, 5.41) is 9.22. The Labute approximate surface area is 94.5 Å². The number of nitrogens with zero attached hydrogens (tertiary/aromatic N) is 1. The van der Waals surface area contributed by atoms with Crippen LogP contribution in [0.1, 0.15) is 26.0 Å². The lowest BCUT2D eigenvalue weighted by Gasteiger charge is -2.21. The average Bonchev–Trinajstić information content (AvgIpc) is 2.49. The maximum absolute atomic E-state index is 11.6. The Kier molecular flexibility index (Phi) is 3.54. The number of hydrogen-bond acceptors (Lipinski definition) is 4. The molecule has 1 aromatic rings. The lowest BCUT2D eigenvalue weighted by Crippen LogP contribution is -2.29. The monoisotopic (exact) mass is 226 g/mol. The molecule has 0 aliphatic heterocycles. The summed E-state index contributed by atoms with van der Waals surface area (Å²) in [5.41, 5.74) is 6.41. The van der Waals surface area contributed by atoms with Crippen molar-refractivity contribution in [3.63, 3.8) is 0 Å². The molecule has 0 fully saturated rings. The molecule has 0 aliphatic rings. The molecule has 0 saturated heterocycles. The van der Waals surface area contributed by atoms with Crippen LogP contribution in [0.5, 0.6) is 0 Å². The molecule has 1 aromatic heterocycles. The summed E-state index contributed by atoms with van der Waals surface area (Å²) in [4.78, 5) is 11.6. The van der Waals surface area contributed by atoms with Gasteiger partial charge in [0.05, 0.1) is 23.4 Å². The summed E-state index contributed by atoms with van der Waals surface area (Å²) < 4.78 is 5.16. The van der Waals surface area contributed by atoms with Crippen molar-refractivity contribution in [3.8, 4) is 0 Å². The Morgan fingerprint density at radius 3 is 2.69 bits per heavy atom. The average molecular weight is 226 g/mol. The van der Waals surface area contributed by atoms with Gasteiger partial charge in [0.15, 0.2) is 5.82 Å². The fourth-order valence-corrected chi connectivity index (χ4v) is 1.17. The topological polar surface area (TPSA) is 93.0 Å². The molecule has 1 heterocycles. The zero-order valence-electron chi connectivity index (χ0n) is 10.0. The first kappa shape index (κ1) is 12.5. The number of carbonyl (C=O) groups is 1. The molecule has 0 saturated carbocycles. The molecule has 4 N–H and O–H groups in total. The van der Waals surface area contributed by atoms with Crippen LogP contribution in [-0.2, 0) is 9.53 Å². The van der Waals surface area contributed by atoms with Crippen LogP contribution >= 0.6 is 0 Å². The van der Waals surface area contributed by atoms with Crippen LogP contribution in [-0.4, -0.2) is 28.8 Å². The number of amides is 1. The summed E-state index contributed by atoms with van der Waals surface area (Å²) in [7, 11) is 1.57. The molecule has 6 nitrogen and oxygen atoms in total. The van der Waals surface area contributed by atoms with E-state index in [0.29, 0.717) is 11.5 Å². The van der Waals surface area contributed by atoms with Crippen molar-refractivity contribution in [1.29, 1.82) is 0 Å². The number of ether oxygens (including phenoxy) is 1. The second-order valence-electron chi connectivity index (χ2n) is 4.30. The molecular weight excluding hydrogens is 208 g/mol. The van der Waals surface area contributed by atoms with E-state index >= 15 is 0 Å². The molecule has 16 heavy (non-hydrogen) atoms. The number of aromatic nitrogens is 2. The maximum Gasteiger partial charge on any atom is 0.228 e. The van der Waals surface area contributed by atoms with Gasteiger partial charge < -0.3 is 15.8 Å². The minimum Gasteiger partial charge on any atom is -0.394 e. The number of methoxy groups -OCH3 is 1. The predicted octanol–water partition coefficient (Wildman–Crippen LogP) is 1.05. The van der Waals surface area contributed by atoms with Gasteiger partial charge in [0.1, 0.15) is 0 Å². The van der Waals surface area contributed by atoms with E-state index in [2.05, 4.69) is 15.5 Å². The van der Waals surface area contributed by atoms with Crippen molar-refractivity contribution in [2.45, 2.75) is 32.8 Å². The molecule has 1 rings (SSSR count). The highest BCUT2D eigenvalue weighted by Crippen LogP contribution is 2.19. The van der Waals surface area contributed by atoms with Crippen LogP contribution in [0.2, 0.25) is 0 Å². The third-order valence-electron chi connectivity index (χ3n) is 2.39. The third kappa shape index (κ3) is 2.96. The van der Waals surface area contributed by atoms with Crippen molar-refractivity contribution < 1.29 is 9.53 Å². The van der Waals surface area contributed by atoms with Gasteiger partial charge in [-0.25, -0.2) is 0 Å². The van der Waals surface area contributed by atoms with E-state index in [1.165, 1.54) is 0 Å². The van der Waals surface area contributed by atoms with E-state index in [0.717, 1.165) is 5.69 Å². The normalized spacial score (nSPS) is 11.5. The van der Waals surface area contributed by atoms with Gasteiger partial charge in [-0.2, -0.15) is 5.10 Å². The summed E-state index contributed by atoms with van der Waals surface area (Å²) in [5.74, 6) is 0.194. The molecule has 0 spiro atoms. The maximum atomic E-state index is 11.6. The SMILES string of the molecule is COC(C)(C)CC(=O)Nc1n[nH]c(C)c1N. The minimum absolute atomic E-state index is 0.176. The van der Waals surface area contributed by atoms with Crippen LogP contribution in [0, 0.1) is 6.92 Å². The number of nitrogens with two attached hydrogens (primary N) is 1. The lowest BCUT2D eigenvalue weighted by molar-refractivity contribution is -0.121. The second kappa shape index (κ2) is 4.52. The van der Waals surface area contributed by atoms with Gasteiger partial charge in [0, 0.05) is 7.11 Å². The van der Waals surface area contributed by atoms with E-state index in [4.69, 9.17) is 10.5 Å². The predicted molar refractivity (Wildman–Crippen MR) is 62.1 cm³/mol. The molecule has 1 amide bonds. The van der Waals surface area contributed by atoms with E-state index in [-0.39, 0.29) is 12.3 Å². The van der Waals surface area contributed by atoms with Gasteiger partial charge >= 0.3 is 0 Å². The molecule has 0 unspecified atom stereocenters. The summed E-state index contributed by atoms with van der Waals surface area (Å²) in [6.07, 6.45) is 0.245. The van der Waals surface area contributed by atoms with Gasteiger partial charge in [-0.05, 0) is 20.8 Å². The van der Waals surface area contributed by atoms with E-state index in [9.17, 15) is 4.79 Å². The zero-order valence-corrected chi connectivity index (χ0v) is 10.0. The van der Waals surface area contributed by atoms with E-state index in [1.807, 2.05) is 13.8 Å². The molecule has 0 aromatic carbocycles. The van der Waals surface area contributed by atoms with Crippen molar-refractivity contribution in [2.75, 3.05) is 18.2 Å². The number of anilines is 2. The van der Waals surface area contributed by atoms with Crippen LogP contribution in [0.15, 0.2) is 0 Å². The Balaban J connectivity index is 2.62. The minimum atomic E-state index is -0.496. The highest BCUT2D eigenvalue weighted by Gasteiger charge is 2.22. The number of hydrogen-bond donors (Lipinski definition) is 3. The van der Waals surface area contributed by atoms with Crippen LogP contribution in [0.4, 0.5) is 11.5 Å². The van der Waals surface area contributed by atoms with Crippen molar-refractivity contribution in [3.05, 3.63) is 5.69 Å². The fourth-order valence-electron chi connectivity index (χ4n) is 1.17. The molecule has 0 atom stereocenters. The Morgan fingerprint density at radius 1 is 1.62 bits per heavy atom. The number of H-pyrrole nitrogens is 1. The Bertz CT molecular complexity index is 384. The third-order valence-corrected chi connectivity index (χ3v) is 2.39. The first-order valence-corrected chi connectivity index (χ1v) is 5.01. The number of rotatable bonds is 4. The van der Waals surface area contributed by atoms with Gasteiger partial charge in [-0.1, -0.05) is 0 Å². The highest BCUT2D eigenvalue weighted by atomic mass is 16.5. The van der Waals surface area contributed by atoms with E-state index < -0.39 is 5.60 Å². The van der Waals surface area contributed by atoms with Gasteiger partial charge in [-0.15, -0.1) is 0 Å². The first-order chi connectivity index (χ1) is 7.35. The molecular formula is C10H18N4O2. The van der Waals surface area contributed by atoms with Crippen LogP contribution in [0.25, 0.3) is 0 Å². The van der Waals surface area contributed by atoms with Gasteiger partial charge in [0.2, 0.25) is 5.91 Å². The summed E-state index contributed by atoms with van der Waals surface area (Å²) in [6.45, 7) is 5.47. The number of carbonyl (C=O) groups excluding carboxylic acids is 1. The molecule has 0 bridgehead atoms.